The van der Waals surface area contributed by atoms with Gasteiger partial charge >= 0.3 is 6.09 Å². The van der Waals surface area contributed by atoms with E-state index in [1.54, 1.807) is 24.3 Å². The summed E-state index contributed by atoms with van der Waals surface area (Å²) in [6.07, 6.45) is 1.54. The van der Waals surface area contributed by atoms with Gasteiger partial charge in [0.2, 0.25) is 11.8 Å². The van der Waals surface area contributed by atoms with E-state index in [9.17, 15) is 24.3 Å². The van der Waals surface area contributed by atoms with E-state index in [-0.39, 0.29) is 19.1 Å². The molecule has 2 rings (SSSR count). The molecule has 1 aromatic carbocycles. The molecule has 34 heavy (non-hydrogen) atoms. The number of likely N-dealkylation sites (tertiary alicyclic amines) is 1. The molecule has 3 atom stereocenters. The summed E-state index contributed by atoms with van der Waals surface area (Å²) in [5, 5.41) is 14.6. The molecule has 0 spiro atoms. The molecule has 12 heteroatoms. The SMILES string of the molecule is NC(N)=NCCC[C@@H](C=O)NC(=O)[C@@H]1CCCN1C(=O)[C@@H](CO)NC(=O)OCc1ccccc1. The van der Waals surface area contributed by atoms with Gasteiger partial charge in [-0.1, -0.05) is 30.3 Å². The third-order valence-electron chi connectivity index (χ3n) is 5.28. The number of nitrogens with one attached hydrogen (secondary N) is 2. The fourth-order valence-electron chi connectivity index (χ4n) is 3.57. The Hall–Kier alpha value is -3.67. The molecule has 0 radical (unpaired) electrons. The number of ether oxygens (including phenoxy) is 1. The third-order valence-corrected chi connectivity index (χ3v) is 5.28. The number of aldehydes is 1. The van der Waals surface area contributed by atoms with E-state index in [4.69, 9.17) is 16.2 Å². The molecule has 3 amide bonds. The van der Waals surface area contributed by atoms with Crippen LogP contribution in [0.5, 0.6) is 0 Å². The van der Waals surface area contributed by atoms with Gasteiger partial charge in [-0.3, -0.25) is 14.6 Å². The number of amides is 3. The molecule has 0 aromatic heterocycles. The van der Waals surface area contributed by atoms with Crippen molar-refractivity contribution in [2.24, 2.45) is 16.5 Å². The Balaban J connectivity index is 1.89. The largest absolute Gasteiger partial charge is 0.445 e. The first-order valence-electron chi connectivity index (χ1n) is 11.0. The summed E-state index contributed by atoms with van der Waals surface area (Å²) >= 11 is 0. The minimum Gasteiger partial charge on any atom is -0.445 e. The van der Waals surface area contributed by atoms with E-state index in [0.29, 0.717) is 38.5 Å². The Labute approximate surface area is 197 Å². The van der Waals surface area contributed by atoms with Crippen molar-refractivity contribution in [1.29, 1.82) is 0 Å². The lowest BCUT2D eigenvalue weighted by Crippen LogP contribution is -2.55. The van der Waals surface area contributed by atoms with E-state index in [2.05, 4.69) is 15.6 Å². The van der Waals surface area contributed by atoms with Crippen molar-refractivity contribution >= 4 is 30.2 Å². The lowest BCUT2D eigenvalue weighted by molar-refractivity contribution is -0.141. The fourth-order valence-corrected chi connectivity index (χ4v) is 3.57. The average molecular weight is 477 g/mol. The first-order chi connectivity index (χ1) is 16.3. The molecule has 0 saturated carbocycles. The summed E-state index contributed by atoms with van der Waals surface area (Å²) in [4.78, 5) is 54.3. The minimum absolute atomic E-state index is 0.00399. The zero-order valence-electron chi connectivity index (χ0n) is 18.9. The van der Waals surface area contributed by atoms with E-state index in [1.807, 2.05) is 6.07 Å². The van der Waals surface area contributed by atoms with Crippen LogP contribution in [0.4, 0.5) is 4.79 Å². The smallest absolute Gasteiger partial charge is 0.408 e. The zero-order valence-corrected chi connectivity index (χ0v) is 18.9. The Morgan fingerprint density at radius 3 is 2.62 bits per heavy atom. The summed E-state index contributed by atoms with van der Waals surface area (Å²) in [5.74, 6) is -1.14. The van der Waals surface area contributed by atoms with Crippen molar-refractivity contribution in [1.82, 2.24) is 15.5 Å². The molecule has 1 aliphatic rings. The molecular formula is C22H32N6O6. The number of benzene rings is 1. The topological polar surface area (TPSA) is 189 Å². The van der Waals surface area contributed by atoms with E-state index in [0.717, 1.165) is 5.56 Å². The second kappa shape index (κ2) is 13.8. The summed E-state index contributed by atoms with van der Waals surface area (Å²) in [5.41, 5.74) is 11.3. The van der Waals surface area contributed by atoms with Crippen LogP contribution >= 0.6 is 0 Å². The zero-order chi connectivity index (χ0) is 24.9. The van der Waals surface area contributed by atoms with Gasteiger partial charge in [-0.15, -0.1) is 0 Å². The number of alkyl carbamates (subject to hydrolysis) is 1. The average Bonchev–Trinajstić information content (AvgIpc) is 3.33. The summed E-state index contributed by atoms with van der Waals surface area (Å²) in [6, 6.07) is 6.16. The number of nitrogens with zero attached hydrogens (tertiary/aromatic N) is 2. The first-order valence-corrected chi connectivity index (χ1v) is 11.0. The van der Waals surface area contributed by atoms with Crippen molar-refractivity contribution in [3.63, 3.8) is 0 Å². The van der Waals surface area contributed by atoms with Gasteiger partial charge in [-0.25, -0.2) is 4.79 Å². The number of carbonyl (C=O) groups is 4. The maximum atomic E-state index is 12.9. The molecule has 1 aliphatic heterocycles. The maximum Gasteiger partial charge on any atom is 0.408 e. The molecule has 0 unspecified atom stereocenters. The predicted octanol–water partition coefficient (Wildman–Crippen LogP) is -0.998. The van der Waals surface area contributed by atoms with E-state index >= 15 is 0 Å². The highest BCUT2D eigenvalue weighted by Gasteiger charge is 2.38. The molecule has 0 bridgehead atoms. The van der Waals surface area contributed by atoms with Crippen LogP contribution in [0.3, 0.4) is 0 Å². The highest BCUT2D eigenvalue weighted by atomic mass is 16.5. The van der Waals surface area contributed by atoms with Gasteiger partial charge in [-0.05, 0) is 31.2 Å². The van der Waals surface area contributed by atoms with Gasteiger partial charge in [0.15, 0.2) is 5.96 Å². The van der Waals surface area contributed by atoms with Crippen LogP contribution in [0.1, 0.15) is 31.2 Å². The second-order valence-electron chi connectivity index (χ2n) is 7.83. The summed E-state index contributed by atoms with van der Waals surface area (Å²) in [6.45, 7) is -0.0545. The summed E-state index contributed by atoms with van der Waals surface area (Å²) in [7, 11) is 0. The van der Waals surface area contributed by atoms with Crippen molar-refractivity contribution in [3.05, 3.63) is 35.9 Å². The van der Waals surface area contributed by atoms with Crippen LogP contribution < -0.4 is 22.1 Å². The molecule has 0 aliphatic carbocycles. The molecule has 1 fully saturated rings. The van der Waals surface area contributed by atoms with Crippen LogP contribution in [-0.4, -0.2) is 78.0 Å². The van der Waals surface area contributed by atoms with Gasteiger partial charge in [0.1, 0.15) is 25.0 Å². The van der Waals surface area contributed by atoms with Crippen LogP contribution in [-0.2, 0) is 25.7 Å². The Morgan fingerprint density at radius 1 is 1.24 bits per heavy atom. The van der Waals surface area contributed by atoms with Gasteiger partial charge in [0, 0.05) is 13.1 Å². The Morgan fingerprint density at radius 2 is 1.97 bits per heavy atom. The quantitative estimate of drug-likeness (QED) is 0.110. The van der Waals surface area contributed by atoms with Gasteiger partial charge in [-0.2, -0.15) is 0 Å². The van der Waals surface area contributed by atoms with E-state index < -0.39 is 42.6 Å². The second-order valence-corrected chi connectivity index (χ2v) is 7.83. The number of rotatable bonds is 12. The van der Waals surface area contributed by atoms with Crippen molar-refractivity contribution in [2.45, 2.75) is 50.4 Å². The van der Waals surface area contributed by atoms with Crippen molar-refractivity contribution in [3.8, 4) is 0 Å². The van der Waals surface area contributed by atoms with Crippen LogP contribution in [0.15, 0.2) is 35.3 Å². The lowest BCUT2D eigenvalue weighted by Gasteiger charge is -2.28. The standard InChI is InChI=1S/C22H32N6O6/c23-21(24)25-10-4-8-16(12-29)26-19(31)18-9-5-11-28(18)20(32)17(13-30)27-22(33)34-14-15-6-2-1-3-7-15/h1-3,6-7,12,16-18,30H,4-5,8-11,13-14H2,(H,26,31)(H,27,33)(H4,23,24,25)/t16-,17+,18-/m0/s1. The first kappa shape index (κ1) is 26.6. The fraction of sp³-hybridized carbons (Fsp3) is 0.500. The number of nitrogens with two attached hydrogens (primary N) is 2. The number of carbonyl (C=O) groups excluding carboxylic acids is 4. The van der Waals surface area contributed by atoms with Gasteiger partial charge in [0.25, 0.3) is 0 Å². The molecule has 1 aromatic rings. The van der Waals surface area contributed by atoms with Crippen LogP contribution in [0, 0.1) is 0 Å². The minimum atomic E-state index is -1.27. The monoisotopic (exact) mass is 476 g/mol. The number of guanidine groups is 1. The highest BCUT2D eigenvalue weighted by molar-refractivity contribution is 5.92. The number of hydrogen-bond donors (Lipinski definition) is 5. The van der Waals surface area contributed by atoms with Gasteiger partial charge in [0.05, 0.1) is 12.6 Å². The van der Waals surface area contributed by atoms with Crippen LogP contribution in [0.2, 0.25) is 0 Å². The number of aliphatic hydroxyl groups is 1. The molecule has 186 valence electrons. The number of aliphatic imine (C=N–C) groups is 1. The molecule has 12 nitrogen and oxygen atoms in total. The normalized spacial score (nSPS) is 16.7. The Bertz CT molecular complexity index is 861. The third kappa shape index (κ3) is 8.35. The number of hydrogen-bond acceptors (Lipinski definition) is 7. The number of aliphatic hydroxyl groups excluding tert-OH is 1. The highest BCUT2D eigenvalue weighted by Crippen LogP contribution is 2.19. The van der Waals surface area contributed by atoms with Gasteiger partial charge < -0.3 is 41.6 Å². The van der Waals surface area contributed by atoms with Crippen molar-refractivity contribution < 1.29 is 29.0 Å². The van der Waals surface area contributed by atoms with E-state index in [1.165, 1.54) is 4.90 Å². The van der Waals surface area contributed by atoms with Crippen molar-refractivity contribution in [2.75, 3.05) is 19.7 Å². The molecule has 1 saturated heterocycles. The molecular weight excluding hydrogens is 444 g/mol. The molecule has 7 N–H and O–H groups in total. The van der Waals surface area contributed by atoms with Crippen LogP contribution in [0.25, 0.3) is 0 Å². The lowest BCUT2D eigenvalue weighted by atomic mass is 10.1. The maximum absolute atomic E-state index is 12.9. The Kier molecular flexibility index (Phi) is 10.8. The predicted molar refractivity (Wildman–Crippen MR) is 123 cm³/mol. The summed E-state index contributed by atoms with van der Waals surface area (Å²) < 4.78 is 5.10. The molecule has 1 heterocycles.